The lowest BCUT2D eigenvalue weighted by Crippen LogP contribution is -2.30. The van der Waals surface area contributed by atoms with Crippen molar-refractivity contribution in [2.75, 3.05) is 11.3 Å². The van der Waals surface area contributed by atoms with E-state index in [0.29, 0.717) is 30.4 Å². The molecule has 0 aliphatic carbocycles. The quantitative estimate of drug-likeness (QED) is 0.884. The molecule has 7 nitrogen and oxygen atoms in total. The predicted octanol–water partition coefficient (Wildman–Crippen LogP) is 1.84. The van der Waals surface area contributed by atoms with Gasteiger partial charge in [-0.2, -0.15) is 0 Å². The van der Waals surface area contributed by atoms with E-state index in [2.05, 4.69) is 20.2 Å². The van der Waals surface area contributed by atoms with Crippen LogP contribution in [0.15, 0.2) is 22.6 Å². The minimum absolute atomic E-state index is 0.226. The Bertz CT molecular complexity index is 796. The number of nitrogens with one attached hydrogen (secondary N) is 2. The first-order chi connectivity index (χ1) is 10.9. The second-order valence-electron chi connectivity index (χ2n) is 5.89. The topological polar surface area (TPSA) is 97.1 Å². The highest BCUT2D eigenvalue weighted by atomic mass is 32.2. The van der Waals surface area contributed by atoms with Gasteiger partial charge in [0.1, 0.15) is 0 Å². The molecule has 0 bridgehead atoms. The summed E-state index contributed by atoms with van der Waals surface area (Å²) in [6.07, 6.45) is 0.405. The summed E-state index contributed by atoms with van der Waals surface area (Å²) in [5.41, 5.74) is 2.47. The van der Waals surface area contributed by atoms with Gasteiger partial charge in [0.05, 0.1) is 17.0 Å². The fraction of sp³-hybridized carbons (Fsp3) is 0.467. The first-order valence-corrected chi connectivity index (χ1v) is 9.02. The van der Waals surface area contributed by atoms with E-state index >= 15 is 0 Å². The molecule has 2 N–H and O–H groups in total. The summed E-state index contributed by atoms with van der Waals surface area (Å²) in [5.74, 6) is 0.911. The zero-order chi connectivity index (χ0) is 16.6. The minimum atomic E-state index is -3.49. The van der Waals surface area contributed by atoms with Crippen molar-refractivity contribution >= 4 is 15.7 Å². The molecule has 8 heteroatoms. The van der Waals surface area contributed by atoms with Gasteiger partial charge >= 0.3 is 0 Å². The van der Waals surface area contributed by atoms with Crippen molar-refractivity contribution in [2.45, 2.75) is 38.5 Å². The number of nitrogens with zero attached hydrogens (tertiary/aromatic N) is 2. The Morgan fingerprint density at radius 1 is 1.22 bits per heavy atom. The van der Waals surface area contributed by atoms with Crippen LogP contribution in [-0.4, -0.2) is 30.4 Å². The van der Waals surface area contributed by atoms with Gasteiger partial charge in [-0.05, 0) is 31.4 Å². The number of benzene rings is 1. The highest BCUT2D eigenvalue weighted by Crippen LogP contribution is 2.29. The van der Waals surface area contributed by atoms with E-state index in [1.54, 1.807) is 6.92 Å². The number of rotatable bonds is 4. The molecule has 1 aromatic heterocycles. The fourth-order valence-corrected chi connectivity index (χ4v) is 4.32. The van der Waals surface area contributed by atoms with Gasteiger partial charge in [0.15, 0.2) is 0 Å². The predicted molar refractivity (Wildman–Crippen MR) is 86.6 cm³/mol. The summed E-state index contributed by atoms with van der Waals surface area (Å²) in [4.78, 5) is 0. The SMILES string of the molecule is Cc1nnc(C2CC(S(=O)(=O)Nc3c(C)cccc3C)CN2)o1. The summed E-state index contributed by atoms with van der Waals surface area (Å²) >= 11 is 0. The van der Waals surface area contributed by atoms with Crippen LogP contribution in [0.25, 0.3) is 0 Å². The Morgan fingerprint density at radius 2 is 1.91 bits per heavy atom. The molecule has 2 heterocycles. The second kappa shape index (κ2) is 5.93. The van der Waals surface area contributed by atoms with Gasteiger partial charge in [0.2, 0.25) is 21.8 Å². The third kappa shape index (κ3) is 3.23. The molecule has 1 fully saturated rings. The molecular formula is C15H20N4O3S. The lowest BCUT2D eigenvalue weighted by atomic mass is 10.1. The average molecular weight is 336 g/mol. The molecule has 1 aromatic carbocycles. The molecule has 124 valence electrons. The third-order valence-corrected chi connectivity index (χ3v) is 5.82. The van der Waals surface area contributed by atoms with Gasteiger partial charge in [-0.25, -0.2) is 8.42 Å². The zero-order valence-electron chi connectivity index (χ0n) is 13.3. The van der Waals surface area contributed by atoms with E-state index in [-0.39, 0.29) is 6.04 Å². The van der Waals surface area contributed by atoms with Gasteiger partial charge in [-0.1, -0.05) is 18.2 Å². The summed E-state index contributed by atoms with van der Waals surface area (Å²) < 4.78 is 33.5. The summed E-state index contributed by atoms with van der Waals surface area (Å²) in [6.45, 7) is 5.85. The van der Waals surface area contributed by atoms with Crippen molar-refractivity contribution in [1.82, 2.24) is 15.5 Å². The molecule has 1 saturated heterocycles. The van der Waals surface area contributed by atoms with E-state index in [1.165, 1.54) is 0 Å². The number of para-hydroxylation sites is 1. The van der Waals surface area contributed by atoms with E-state index in [9.17, 15) is 8.42 Å². The smallest absolute Gasteiger partial charge is 0.236 e. The lowest BCUT2D eigenvalue weighted by Gasteiger charge is -2.16. The second-order valence-corrected chi connectivity index (χ2v) is 7.85. The van der Waals surface area contributed by atoms with Crippen LogP contribution in [0.1, 0.15) is 35.4 Å². The van der Waals surface area contributed by atoms with Crippen molar-refractivity contribution in [1.29, 1.82) is 0 Å². The Morgan fingerprint density at radius 3 is 2.52 bits per heavy atom. The monoisotopic (exact) mass is 336 g/mol. The van der Waals surface area contributed by atoms with Crippen molar-refractivity contribution in [3.05, 3.63) is 41.1 Å². The molecule has 2 unspecified atom stereocenters. The fourth-order valence-electron chi connectivity index (χ4n) is 2.78. The third-order valence-electron chi connectivity index (χ3n) is 4.09. The van der Waals surface area contributed by atoms with Gasteiger partial charge in [0.25, 0.3) is 0 Å². The molecule has 3 rings (SSSR count). The average Bonchev–Trinajstić information content (AvgIpc) is 3.12. The highest BCUT2D eigenvalue weighted by Gasteiger charge is 2.37. The number of anilines is 1. The Labute approximate surface area is 135 Å². The number of aryl methyl sites for hydroxylation is 3. The van der Waals surface area contributed by atoms with E-state index in [0.717, 1.165) is 11.1 Å². The van der Waals surface area contributed by atoms with Gasteiger partial charge in [-0.3, -0.25) is 4.72 Å². The lowest BCUT2D eigenvalue weighted by molar-refractivity contribution is 0.413. The minimum Gasteiger partial charge on any atom is -0.424 e. The van der Waals surface area contributed by atoms with E-state index in [4.69, 9.17) is 4.42 Å². The Kier molecular flexibility index (Phi) is 4.11. The Balaban J connectivity index is 1.76. The molecular weight excluding hydrogens is 316 g/mol. The molecule has 1 aliphatic heterocycles. The van der Waals surface area contributed by atoms with E-state index in [1.807, 2.05) is 32.0 Å². The molecule has 0 saturated carbocycles. The van der Waals surface area contributed by atoms with Crippen LogP contribution in [0.2, 0.25) is 0 Å². The molecule has 2 atom stereocenters. The number of sulfonamides is 1. The van der Waals surface area contributed by atoms with Gasteiger partial charge < -0.3 is 9.73 Å². The largest absolute Gasteiger partial charge is 0.424 e. The number of hydrogen-bond acceptors (Lipinski definition) is 6. The molecule has 1 aliphatic rings. The van der Waals surface area contributed by atoms with Crippen molar-refractivity contribution in [3.63, 3.8) is 0 Å². The van der Waals surface area contributed by atoms with Crippen molar-refractivity contribution in [2.24, 2.45) is 0 Å². The maximum atomic E-state index is 12.7. The molecule has 2 aromatic rings. The zero-order valence-corrected chi connectivity index (χ0v) is 14.1. The highest BCUT2D eigenvalue weighted by molar-refractivity contribution is 7.93. The van der Waals surface area contributed by atoms with Crippen LogP contribution >= 0.6 is 0 Å². The summed E-state index contributed by atoms with van der Waals surface area (Å²) in [6, 6.07) is 5.47. The molecule has 0 radical (unpaired) electrons. The van der Waals surface area contributed by atoms with Crippen LogP contribution in [0.4, 0.5) is 5.69 Å². The standard InChI is InChI=1S/C15H20N4O3S/c1-9-5-4-6-10(2)14(9)19-23(20,21)12-7-13(16-8-12)15-18-17-11(3)22-15/h4-6,12-13,16,19H,7-8H2,1-3H3. The summed E-state index contributed by atoms with van der Waals surface area (Å²) in [7, 11) is -3.49. The first-order valence-electron chi connectivity index (χ1n) is 7.48. The van der Waals surface area contributed by atoms with Crippen molar-refractivity contribution < 1.29 is 12.8 Å². The first kappa shape index (κ1) is 15.9. The van der Waals surface area contributed by atoms with Crippen LogP contribution in [0, 0.1) is 20.8 Å². The Hall–Kier alpha value is -1.93. The molecule has 0 amide bonds. The van der Waals surface area contributed by atoms with Gasteiger partial charge in [0, 0.05) is 13.5 Å². The summed E-state index contributed by atoms with van der Waals surface area (Å²) in [5, 5.41) is 10.3. The number of hydrogen-bond donors (Lipinski definition) is 2. The van der Waals surface area contributed by atoms with Crippen LogP contribution in [0.3, 0.4) is 0 Å². The van der Waals surface area contributed by atoms with Gasteiger partial charge in [-0.15, -0.1) is 10.2 Å². The van der Waals surface area contributed by atoms with Crippen LogP contribution in [-0.2, 0) is 10.0 Å². The van der Waals surface area contributed by atoms with Crippen LogP contribution < -0.4 is 10.0 Å². The normalized spacial score (nSPS) is 21.5. The molecule has 23 heavy (non-hydrogen) atoms. The van der Waals surface area contributed by atoms with Crippen LogP contribution in [0.5, 0.6) is 0 Å². The van der Waals surface area contributed by atoms with E-state index < -0.39 is 15.3 Å². The maximum absolute atomic E-state index is 12.7. The number of aromatic nitrogens is 2. The molecule has 0 spiro atoms. The maximum Gasteiger partial charge on any atom is 0.236 e. The van der Waals surface area contributed by atoms with Crippen molar-refractivity contribution in [3.8, 4) is 0 Å².